The molecule has 1 aromatic carbocycles. The van der Waals surface area contributed by atoms with E-state index in [1.165, 1.54) is 0 Å². The highest BCUT2D eigenvalue weighted by Crippen LogP contribution is 2.12. The molecule has 2 aromatic rings. The van der Waals surface area contributed by atoms with Crippen molar-refractivity contribution in [1.29, 1.82) is 0 Å². The summed E-state index contributed by atoms with van der Waals surface area (Å²) in [6.07, 6.45) is 1.65. The number of anilines is 1. The van der Waals surface area contributed by atoms with Crippen molar-refractivity contribution < 1.29 is 4.79 Å². The Balaban J connectivity index is 2.02. The van der Waals surface area contributed by atoms with Crippen molar-refractivity contribution >= 4 is 45.0 Å². The summed E-state index contributed by atoms with van der Waals surface area (Å²) in [7, 11) is 0. The van der Waals surface area contributed by atoms with Crippen LogP contribution in [0.5, 0.6) is 0 Å². The van der Waals surface area contributed by atoms with Crippen LogP contribution in [0.4, 0.5) is 5.82 Å². The van der Waals surface area contributed by atoms with E-state index in [0.29, 0.717) is 11.4 Å². The number of carbonyl (C=O) groups excluding carboxylic acids is 1. The summed E-state index contributed by atoms with van der Waals surface area (Å²) in [5.74, 6) is 0.339. The number of hydrogen-bond acceptors (Lipinski definition) is 3. The minimum Gasteiger partial charge on any atom is -0.317 e. The molecule has 0 aliphatic rings. The van der Waals surface area contributed by atoms with E-state index in [1.54, 1.807) is 18.3 Å². The molecule has 0 aliphatic heterocycles. The lowest BCUT2D eigenvalue weighted by atomic mass is 10.1. The van der Waals surface area contributed by atoms with Crippen LogP contribution in [0, 0.1) is 13.8 Å². The lowest BCUT2D eigenvalue weighted by molar-refractivity contribution is 0.0977. The fourth-order valence-corrected chi connectivity index (χ4v) is 2.27. The molecule has 2 rings (SSSR count). The Morgan fingerprint density at radius 2 is 2.00 bits per heavy atom. The van der Waals surface area contributed by atoms with Crippen LogP contribution in [0.1, 0.15) is 21.5 Å². The number of aryl methyl sites for hydroxylation is 2. The molecule has 0 bridgehead atoms. The fraction of sp³-hybridized carbons (Fsp3) is 0.133. The van der Waals surface area contributed by atoms with Gasteiger partial charge >= 0.3 is 0 Å². The number of nitrogens with zero attached hydrogens (tertiary/aromatic N) is 1. The van der Waals surface area contributed by atoms with Gasteiger partial charge in [-0.3, -0.25) is 10.1 Å². The third-order valence-electron chi connectivity index (χ3n) is 2.82. The van der Waals surface area contributed by atoms with E-state index < -0.39 is 0 Å². The summed E-state index contributed by atoms with van der Waals surface area (Å²) in [4.78, 5) is 16.3. The molecule has 0 aliphatic carbocycles. The second kappa shape index (κ2) is 6.78. The Morgan fingerprint density at radius 3 is 2.62 bits per heavy atom. The van der Waals surface area contributed by atoms with Crippen LogP contribution in [0.2, 0.25) is 0 Å². The van der Waals surface area contributed by atoms with Crippen LogP contribution in [0.15, 0.2) is 41.0 Å². The van der Waals surface area contributed by atoms with Crippen LogP contribution < -0.4 is 10.6 Å². The number of hydrogen-bond donors (Lipinski definition) is 2. The van der Waals surface area contributed by atoms with Crippen LogP contribution in [0.25, 0.3) is 0 Å². The van der Waals surface area contributed by atoms with Gasteiger partial charge in [-0.25, -0.2) is 4.98 Å². The maximum Gasteiger partial charge on any atom is 0.257 e. The van der Waals surface area contributed by atoms with Crippen molar-refractivity contribution in [3.8, 4) is 0 Å². The number of pyridine rings is 1. The average Bonchev–Trinajstić information content (AvgIpc) is 2.41. The van der Waals surface area contributed by atoms with Gasteiger partial charge in [0, 0.05) is 16.2 Å². The molecule has 0 unspecified atom stereocenters. The largest absolute Gasteiger partial charge is 0.317 e. The molecule has 6 heteroatoms. The van der Waals surface area contributed by atoms with E-state index in [1.807, 2.05) is 32.0 Å². The number of amides is 1. The maximum absolute atomic E-state index is 12.2. The highest BCUT2D eigenvalue weighted by molar-refractivity contribution is 9.10. The van der Waals surface area contributed by atoms with Gasteiger partial charge in [0.1, 0.15) is 5.82 Å². The molecule has 1 amide bonds. The van der Waals surface area contributed by atoms with E-state index in [2.05, 4.69) is 31.5 Å². The zero-order valence-corrected chi connectivity index (χ0v) is 14.0. The molecule has 0 atom stereocenters. The van der Waals surface area contributed by atoms with Gasteiger partial charge in [0.05, 0.1) is 0 Å². The second-order valence-corrected chi connectivity index (χ2v) is 5.91. The van der Waals surface area contributed by atoms with Crippen molar-refractivity contribution in [2.75, 3.05) is 5.32 Å². The van der Waals surface area contributed by atoms with E-state index in [-0.39, 0.29) is 11.0 Å². The molecule has 0 saturated carbocycles. The highest BCUT2D eigenvalue weighted by atomic mass is 79.9. The first-order chi connectivity index (χ1) is 9.95. The molecule has 1 aromatic heterocycles. The van der Waals surface area contributed by atoms with Crippen LogP contribution in [-0.4, -0.2) is 16.0 Å². The van der Waals surface area contributed by atoms with Crippen molar-refractivity contribution in [2.45, 2.75) is 13.8 Å². The summed E-state index contributed by atoms with van der Waals surface area (Å²) >= 11 is 8.42. The van der Waals surface area contributed by atoms with Gasteiger partial charge in [0.2, 0.25) is 0 Å². The molecule has 21 heavy (non-hydrogen) atoms. The highest BCUT2D eigenvalue weighted by Gasteiger charge is 2.10. The van der Waals surface area contributed by atoms with Crippen LogP contribution in [-0.2, 0) is 0 Å². The van der Waals surface area contributed by atoms with Crippen molar-refractivity contribution in [2.24, 2.45) is 0 Å². The molecular weight excluding hydrogens is 350 g/mol. The summed E-state index contributed by atoms with van der Waals surface area (Å²) in [6.45, 7) is 3.88. The lowest BCUT2D eigenvalue weighted by Gasteiger charge is -2.10. The van der Waals surface area contributed by atoms with Crippen LogP contribution >= 0.6 is 28.1 Å². The van der Waals surface area contributed by atoms with E-state index in [4.69, 9.17) is 12.2 Å². The summed E-state index contributed by atoms with van der Waals surface area (Å²) in [5, 5.41) is 5.73. The summed E-state index contributed by atoms with van der Waals surface area (Å²) in [6, 6.07) is 9.25. The first kappa shape index (κ1) is 15.6. The topological polar surface area (TPSA) is 54.0 Å². The summed E-state index contributed by atoms with van der Waals surface area (Å²) in [5.41, 5.74) is 2.63. The monoisotopic (exact) mass is 363 g/mol. The number of carbonyl (C=O) groups is 1. The van der Waals surface area contributed by atoms with Crippen LogP contribution in [0.3, 0.4) is 0 Å². The van der Waals surface area contributed by atoms with Gasteiger partial charge in [-0.05, 0) is 65.8 Å². The molecule has 0 radical (unpaired) electrons. The SMILES string of the molecule is Cc1ccc(C(=O)NC(=S)Nc2ccc(Br)cn2)c(C)c1. The standard InChI is InChI=1S/C15H14BrN3OS/c1-9-3-5-12(10(2)7-9)14(20)19-15(21)18-13-6-4-11(16)8-17-13/h3-8H,1-2H3,(H2,17,18,19,20,21). The lowest BCUT2D eigenvalue weighted by Crippen LogP contribution is -2.34. The molecule has 108 valence electrons. The minimum atomic E-state index is -0.234. The normalized spacial score (nSPS) is 10.0. The average molecular weight is 364 g/mol. The van der Waals surface area contributed by atoms with Gasteiger partial charge < -0.3 is 5.32 Å². The molecule has 4 nitrogen and oxygen atoms in total. The number of halogens is 1. The molecular formula is C15H14BrN3OS. The Morgan fingerprint density at radius 1 is 1.24 bits per heavy atom. The number of rotatable bonds is 2. The number of thiocarbonyl (C=S) groups is 1. The first-order valence-electron chi connectivity index (χ1n) is 6.27. The first-order valence-corrected chi connectivity index (χ1v) is 7.47. The van der Waals surface area contributed by atoms with Gasteiger partial charge in [-0.15, -0.1) is 0 Å². The van der Waals surface area contributed by atoms with E-state index >= 15 is 0 Å². The third kappa shape index (κ3) is 4.34. The van der Waals surface area contributed by atoms with Crippen molar-refractivity contribution in [3.05, 3.63) is 57.7 Å². The predicted molar refractivity (Wildman–Crippen MR) is 91.5 cm³/mol. The molecule has 0 fully saturated rings. The van der Waals surface area contributed by atoms with Gasteiger partial charge in [0.15, 0.2) is 5.11 Å². The Labute approximate surface area is 137 Å². The maximum atomic E-state index is 12.2. The zero-order chi connectivity index (χ0) is 15.4. The molecule has 1 heterocycles. The molecule has 0 saturated heterocycles. The summed E-state index contributed by atoms with van der Waals surface area (Å²) < 4.78 is 0.873. The number of nitrogens with one attached hydrogen (secondary N) is 2. The zero-order valence-electron chi connectivity index (χ0n) is 11.6. The predicted octanol–water partition coefficient (Wildman–Crippen LogP) is 3.59. The Bertz CT molecular complexity index is 686. The number of aromatic nitrogens is 1. The van der Waals surface area contributed by atoms with Gasteiger partial charge in [-0.2, -0.15) is 0 Å². The van der Waals surface area contributed by atoms with Crippen molar-refractivity contribution in [3.63, 3.8) is 0 Å². The van der Waals surface area contributed by atoms with Gasteiger partial charge in [0.25, 0.3) is 5.91 Å². The third-order valence-corrected chi connectivity index (χ3v) is 3.50. The quantitative estimate of drug-likeness (QED) is 0.800. The van der Waals surface area contributed by atoms with E-state index in [0.717, 1.165) is 15.6 Å². The minimum absolute atomic E-state index is 0.217. The second-order valence-electron chi connectivity index (χ2n) is 4.59. The Hall–Kier alpha value is -1.79. The molecule has 2 N–H and O–H groups in total. The van der Waals surface area contributed by atoms with E-state index in [9.17, 15) is 4.79 Å². The smallest absolute Gasteiger partial charge is 0.257 e. The van der Waals surface area contributed by atoms with Gasteiger partial charge in [-0.1, -0.05) is 17.7 Å². The Kier molecular flexibility index (Phi) is 5.03. The fourth-order valence-electron chi connectivity index (χ4n) is 1.84. The molecule has 0 spiro atoms. The number of benzene rings is 1. The van der Waals surface area contributed by atoms with Crippen molar-refractivity contribution in [1.82, 2.24) is 10.3 Å².